The first-order valence-electron chi connectivity index (χ1n) is 3.09. The molecular formula is C7H5NO2S. The van der Waals surface area contributed by atoms with Crippen molar-refractivity contribution in [3.63, 3.8) is 0 Å². The van der Waals surface area contributed by atoms with Crippen LogP contribution in [0.25, 0.3) is 10.2 Å². The molecule has 56 valence electrons. The molecule has 1 heterocycles. The molecule has 4 heteroatoms. The highest BCUT2D eigenvalue weighted by Gasteiger charge is 2.02. The van der Waals surface area contributed by atoms with E-state index in [0.717, 1.165) is 16.0 Å². The molecule has 0 aliphatic carbocycles. The Balaban J connectivity index is 3.04. The standard InChI is InChI=1S/C7H5NO2S/c9-7-8(10)5-3-1-2-4-6(5)11-7/h1-4,10H. The summed E-state index contributed by atoms with van der Waals surface area (Å²) in [5.41, 5.74) is 0.572. The topological polar surface area (TPSA) is 42.2 Å². The molecule has 11 heavy (non-hydrogen) atoms. The van der Waals surface area contributed by atoms with Gasteiger partial charge in [-0.2, -0.15) is 0 Å². The average Bonchev–Trinajstić information content (AvgIpc) is 2.30. The smallest absolute Gasteiger partial charge is 0.340 e. The number of hydrogen-bond donors (Lipinski definition) is 1. The lowest BCUT2D eigenvalue weighted by Gasteiger charge is -1.88. The van der Waals surface area contributed by atoms with Crippen molar-refractivity contribution in [1.29, 1.82) is 0 Å². The van der Waals surface area contributed by atoms with Crippen LogP contribution in [-0.2, 0) is 0 Å². The van der Waals surface area contributed by atoms with Crippen LogP contribution in [0.1, 0.15) is 0 Å². The maximum Gasteiger partial charge on any atom is 0.340 e. The monoisotopic (exact) mass is 167 g/mol. The van der Waals surface area contributed by atoms with Gasteiger partial charge in [0.2, 0.25) is 0 Å². The van der Waals surface area contributed by atoms with Crippen LogP contribution in [0.15, 0.2) is 29.1 Å². The molecule has 1 N–H and O–H groups in total. The van der Waals surface area contributed by atoms with Gasteiger partial charge in [-0.3, -0.25) is 4.79 Å². The second-order valence-electron chi connectivity index (χ2n) is 2.15. The number of aromatic nitrogens is 1. The van der Waals surface area contributed by atoms with Crippen molar-refractivity contribution >= 4 is 21.6 Å². The summed E-state index contributed by atoms with van der Waals surface area (Å²) in [4.78, 5) is 10.5. The van der Waals surface area contributed by atoms with E-state index < -0.39 is 0 Å². The number of benzene rings is 1. The summed E-state index contributed by atoms with van der Waals surface area (Å²) in [5.74, 6) is 0. The summed E-state index contributed by atoms with van der Waals surface area (Å²) < 4.78 is 1.47. The number of para-hydroxylation sites is 1. The number of hydrogen-bond acceptors (Lipinski definition) is 3. The van der Waals surface area contributed by atoms with E-state index in [4.69, 9.17) is 5.21 Å². The Morgan fingerprint density at radius 1 is 1.36 bits per heavy atom. The minimum atomic E-state index is -0.341. The maximum absolute atomic E-state index is 10.9. The van der Waals surface area contributed by atoms with Crippen LogP contribution in [0.3, 0.4) is 0 Å². The third-order valence-corrected chi connectivity index (χ3v) is 2.38. The predicted molar refractivity (Wildman–Crippen MR) is 43.3 cm³/mol. The fraction of sp³-hybridized carbons (Fsp3) is 0. The van der Waals surface area contributed by atoms with Crippen molar-refractivity contribution in [3.05, 3.63) is 33.9 Å². The molecule has 2 rings (SSSR count). The van der Waals surface area contributed by atoms with E-state index in [-0.39, 0.29) is 4.87 Å². The molecule has 0 unspecified atom stereocenters. The number of rotatable bonds is 0. The molecule has 0 fully saturated rings. The van der Waals surface area contributed by atoms with Crippen LogP contribution in [-0.4, -0.2) is 9.94 Å². The van der Waals surface area contributed by atoms with Gasteiger partial charge in [-0.15, -0.1) is 4.73 Å². The molecule has 0 bridgehead atoms. The van der Waals surface area contributed by atoms with Gasteiger partial charge in [-0.1, -0.05) is 23.5 Å². The summed E-state index contributed by atoms with van der Waals surface area (Å²) in [5, 5.41) is 9.11. The zero-order valence-corrected chi connectivity index (χ0v) is 6.34. The average molecular weight is 167 g/mol. The molecule has 0 aliphatic rings. The minimum Gasteiger partial charge on any atom is -0.424 e. The van der Waals surface area contributed by atoms with Gasteiger partial charge in [-0.05, 0) is 12.1 Å². The zero-order valence-electron chi connectivity index (χ0n) is 5.52. The molecule has 0 atom stereocenters. The van der Waals surface area contributed by atoms with Crippen molar-refractivity contribution in [3.8, 4) is 0 Å². The van der Waals surface area contributed by atoms with Gasteiger partial charge in [-0.25, -0.2) is 0 Å². The van der Waals surface area contributed by atoms with Crippen LogP contribution < -0.4 is 4.87 Å². The SMILES string of the molecule is O=c1sc2ccccc2n1O. The molecule has 0 aliphatic heterocycles. The fourth-order valence-electron chi connectivity index (χ4n) is 0.954. The van der Waals surface area contributed by atoms with Crippen molar-refractivity contribution in [2.45, 2.75) is 0 Å². The van der Waals surface area contributed by atoms with Crippen molar-refractivity contribution in [1.82, 2.24) is 4.73 Å². The van der Waals surface area contributed by atoms with Crippen LogP contribution in [0, 0.1) is 0 Å². The van der Waals surface area contributed by atoms with Gasteiger partial charge in [0.15, 0.2) is 0 Å². The predicted octanol–water partition coefficient (Wildman–Crippen LogP) is 1.30. The Kier molecular flexibility index (Phi) is 1.22. The summed E-state index contributed by atoms with van der Waals surface area (Å²) in [6.07, 6.45) is 0. The first-order valence-corrected chi connectivity index (χ1v) is 3.90. The van der Waals surface area contributed by atoms with Crippen molar-refractivity contribution in [2.75, 3.05) is 0 Å². The second kappa shape index (κ2) is 2.10. The highest BCUT2D eigenvalue weighted by atomic mass is 32.1. The molecule has 2 aromatic rings. The van der Waals surface area contributed by atoms with E-state index in [1.54, 1.807) is 18.2 Å². The second-order valence-corrected chi connectivity index (χ2v) is 3.14. The Bertz CT molecular complexity index is 443. The Hall–Kier alpha value is -1.29. The molecule has 3 nitrogen and oxygen atoms in total. The molecule has 1 aromatic heterocycles. The van der Waals surface area contributed by atoms with E-state index in [9.17, 15) is 4.79 Å². The van der Waals surface area contributed by atoms with E-state index in [1.807, 2.05) is 6.07 Å². The Labute approximate surface area is 66.1 Å². The van der Waals surface area contributed by atoms with Gasteiger partial charge >= 0.3 is 4.87 Å². The zero-order chi connectivity index (χ0) is 7.84. The summed E-state index contributed by atoms with van der Waals surface area (Å²) in [7, 11) is 0. The highest BCUT2D eigenvalue weighted by molar-refractivity contribution is 7.16. The van der Waals surface area contributed by atoms with Crippen LogP contribution in [0.5, 0.6) is 0 Å². The summed E-state index contributed by atoms with van der Waals surface area (Å²) in [6, 6.07) is 7.11. The van der Waals surface area contributed by atoms with Crippen molar-refractivity contribution in [2.24, 2.45) is 0 Å². The highest BCUT2D eigenvalue weighted by Crippen LogP contribution is 2.14. The fourth-order valence-corrected chi connectivity index (χ4v) is 1.73. The van der Waals surface area contributed by atoms with Gasteiger partial charge in [0.05, 0.1) is 4.70 Å². The van der Waals surface area contributed by atoms with Crippen LogP contribution in [0.4, 0.5) is 0 Å². The molecule has 1 aromatic carbocycles. The lowest BCUT2D eigenvalue weighted by molar-refractivity contribution is 0.193. The Morgan fingerprint density at radius 2 is 2.09 bits per heavy atom. The number of thiazole rings is 1. The lowest BCUT2D eigenvalue weighted by Crippen LogP contribution is -2.07. The third-order valence-electron chi connectivity index (χ3n) is 1.46. The quantitative estimate of drug-likeness (QED) is 0.601. The van der Waals surface area contributed by atoms with E-state index >= 15 is 0 Å². The van der Waals surface area contributed by atoms with Gasteiger partial charge in [0.1, 0.15) is 5.52 Å². The molecule has 0 saturated carbocycles. The first-order chi connectivity index (χ1) is 5.29. The molecule has 0 saturated heterocycles. The molecular weight excluding hydrogens is 162 g/mol. The van der Waals surface area contributed by atoms with E-state index in [2.05, 4.69) is 0 Å². The minimum absolute atomic E-state index is 0.341. The van der Waals surface area contributed by atoms with Gasteiger partial charge < -0.3 is 5.21 Å². The maximum atomic E-state index is 10.9. The summed E-state index contributed by atoms with van der Waals surface area (Å²) in [6.45, 7) is 0. The van der Waals surface area contributed by atoms with Gasteiger partial charge in [0, 0.05) is 0 Å². The van der Waals surface area contributed by atoms with E-state index in [1.165, 1.54) is 0 Å². The van der Waals surface area contributed by atoms with Gasteiger partial charge in [0.25, 0.3) is 0 Å². The number of nitrogens with zero attached hydrogens (tertiary/aromatic N) is 1. The molecule has 0 amide bonds. The lowest BCUT2D eigenvalue weighted by atomic mass is 10.3. The van der Waals surface area contributed by atoms with Crippen molar-refractivity contribution < 1.29 is 5.21 Å². The van der Waals surface area contributed by atoms with Crippen LogP contribution >= 0.6 is 11.3 Å². The Morgan fingerprint density at radius 3 is 2.82 bits per heavy atom. The first kappa shape index (κ1) is 6.42. The normalized spacial score (nSPS) is 10.5. The largest absolute Gasteiger partial charge is 0.424 e. The summed E-state index contributed by atoms with van der Waals surface area (Å²) >= 11 is 1.04. The number of fused-ring (bicyclic) bond motifs is 1. The van der Waals surface area contributed by atoms with Crippen LogP contribution in [0.2, 0.25) is 0 Å². The van der Waals surface area contributed by atoms with E-state index in [0.29, 0.717) is 10.2 Å². The molecule has 0 radical (unpaired) electrons. The molecule has 0 spiro atoms. The third kappa shape index (κ3) is 0.832.